The van der Waals surface area contributed by atoms with E-state index >= 15 is 0 Å². The normalized spacial score (nSPS) is 10.6. The maximum atomic E-state index is 12.5. The van der Waals surface area contributed by atoms with Gasteiger partial charge in [-0.3, -0.25) is 14.9 Å². The summed E-state index contributed by atoms with van der Waals surface area (Å²) in [5, 5.41) is 5.34. The van der Waals surface area contributed by atoms with Crippen LogP contribution in [0.4, 0.5) is 11.7 Å². The number of oxazole rings is 1. The highest BCUT2D eigenvalue weighted by molar-refractivity contribution is 6.04. The topological polar surface area (TPSA) is 84.2 Å². The van der Waals surface area contributed by atoms with Crippen molar-refractivity contribution in [3.05, 3.63) is 78.4 Å². The lowest BCUT2D eigenvalue weighted by Crippen LogP contribution is -2.11. The Bertz CT molecular complexity index is 1150. The van der Waals surface area contributed by atoms with Crippen LogP contribution >= 0.6 is 0 Å². The summed E-state index contributed by atoms with van der Waals surface area (Å²) in [6.07, 6.45) is 0. The highest BCUT2D eigenvalue weighted by atomic mass is 16.4. The van der Waals surface area contributed by atoms with Crippen molar-refractivity contribution in [2.24, 2.45) is 0 Å². The van der Waals surface area contributed by atoms with Gasteiger partial charge in [-0.2, -0.15) is 4.98 Å². The number of hydrogen-bond donors (Lipinski definition) is 2. The van der Waals surface area contributed by atoms with Gasteiger partial charge in [0.2, 0.25) is 5.91 Å². The number of anilines is 2. The van der Waals surface area contributed by atoms with Crippen molar-refractivity contribution in [2.75, 3.05) is 10.6 Å². The van der Waals surface area contributed by atoms with Gasteiger partial charge in [0.15, 0.2) is 5.58 Å². The van der Waals surface area contributed by atoms with E-state index in [1.165, 1.54) is 6.92 Å². The smallest absolute Gasteiger partial charge is 0.302 e. The van der Waals surface area contributed by atoms with Gasteiger partial charge in [0.05, 0.1) is 0 Å². The lowest BCUT2D eigenvalue weighted by Gasteiger charge is -2.04. The summed E-state index contributed by atoms with van der Waals surface area (Å²) in [6.45, 7) is 1.43. The van der Waals surface area contributed by atoms with Crippen molar-refractivity contribution < 1.29 is 14.0 Å². The van der Waals surface area contributed by atoms with Crippen LogP contribution in [0.15, 0.2) is 77.2 Å². The van der Waals surface area contributed by atoms with E-state index in [1.807, 2.05) is 42.5 Å². The zero-order valence-corrected chi connectivity index (χ0v) is 15.1. The monoisotopic (exact) mass is 371 g/mol. The number of hydrogen-bond acceptors (Lipinski definition) is 4. The average Bonchev–Trinajstić information content (AvgIpc) is 3.10. The molecule has 2 amide bonds. The third-order valence-corrected chi connectivity index (χ3v) is 4.18. The van der Waals surface area contributed by atoms with Crippen LogP contribution in [0.3, 0.4) is 0 Å². The van der Waals surface area contributed by atoms with Crippen LogP contribution in [0.2, 0.25) is 0 Å². The van der Waals surface area contributed by atoms with Gasteiger partial charge in [0.25, 0.3) is 5.91 Å². The van der Waals surface area contributed by atoms with Gasteiger partial charge in [0, 0.05) is 24.2 Å². The second-order valence-corrected chi connectivity index (χ2v) is 6.28. The molecule has 1 aromatic heterocycles. The number of carbonyl (C=O) groups is 2. The first-order chi connectivity index (χ1) is 13.6. The fraction of sp³-hybridized carbons (Fsp3) is 0.0455. The highest BCUT2D eigenvalue weighted by Crippen LogP contribution is 2.23. The molecule has 0 saturated carbocycles. The molecule has 6 nitrogen and oxygen atoms in total. The fourth-order valence-corrected chi connectivity index (χ4v) is 2.87. The molecule has 0 spiro atoms. The lowest BCUT2D eigenvalue weighted by atomic mass is 10.0. The molecule has 0 bridgehead atoms. The Morgan fingerprint density at radius 2 is 1.57 bits per heavy atom. The lowest BCUT2D eigenvalue weighted by molar-refractivity contribution is -0.114. The van der Waals surface area contributed by atoms with E-state index in [0.29, 0.717) is 22.4 Å². The van der Waals surface area contributed by atoms with E-state index in [1.54, 1.807) is 30.3 Å². The minimum atomic E-state index is -0.312. The van der Waals surface area contributed by atoms with Crippen LogP contribution in [0.1, 0.15) is 17.3 Å². The van der Waals surface area contributed by atoms with E-state index < -0.39 is 0 Å². The molecule has 0 aliphatic carbocycles. The number of fused-ring (bicyclic) bond motifs is 1. The Morgan fingerprint density at radius 3 is 2.29 bits per heavy atom. The van der Waals surface area contributed by atoms with Crippen LogP contribution < -0.4 is 10.6 Å². The molecular weight excluding hydrogens is 354 g/mol. The van der Waals surface area contributed by atoms with Crippen LogP contribution in [0, 0.1) is 0 Å². The third-order valence-electron chi connectivity index (χ3n) is 4.18. The van der Waals surface area contributed by atoms with E-state index in [2.05, 4.69) is 15.6 Å². The molecule has 0 radical (unpaired) electrons. The standard InChI is InChI=1S/C22H17N3O3/c1-14(26)23-18-11-12-19-20(13-18)28-22(24-19)25-21(27)17-9-7-16(8-10-17)15-5-3-2-4-6-15/h2-13H,1H3,(H,23,26)(H,24,25,27). The zero-order chi connectivity index (χ0) is 19.5. The minimum Gasteiger partial charge on any atom is -0.423 e. The predicted molar refractivity (Wildman–Crippen MR) is 108 cm³/mol. The van der Waals surface area contributed by atoms with Crippen LogP contribution in [-0.2, 0) is 4.79 Å². The van der Waals surface area contributed by atoms with Crippen molar-refractivity contribution in [2.45, 2.75) is 6.92 Å². The Hall–Kier alpha value is -3.93. The Morgan fingerprint density at radius 1 is 0.857 bits per heavy atom. The summed E-state index contributed by atoms with van der Waals surface area (Å²) >= 11 is 0. The van der Waals surface area contributed by atoms with E-state index in [9.17, 15) is 9.59 Å². The summed E-state index contributed by atoms with van der Waals surface area (Å²) in [4.78, 5) is 27.9. The molecule has 4 rings (SSSR count). The number of rotatable bonds is 4. The van der Waals surface area contributed by atoms with Crippen LogP contribution in [0.5, 0.6) is 0 Å². The summed E-state index contributed by atoms with van der Waals surface area (Å²) in [6, 6.07) is 22.5. The van der Waals surface area contributed by atoms with Gasteiger partial charge in [-0.15, -0.1) is 0 Å². The molecule has 0 fully saturated rings. The zero-order valence-electron chi connectivity index (χ0n) is 15.1. The molecular formula is C22H17N3O3. The molecule has 0 aliphatic rings. The predicted octanol–water partition coefficient (Wildman–Crippen LogP) is 4.71. The molecule has 0 aliphatic heterocycles. The molecule has 6 heteroatoms. The first kappa shape index (κ1) is 17.5. The first-order valence-corrected chi connectivity index (χ1v) is 8.73. The van der Waals surface area contributed by atoms with Gasteiger partial charge >= 0.3 is 6.01 Å². The molecule has 28 heavy (non-hydrogen) atoms. The van der Waals surface area contributed by atoms with E-state index in [4.69, 9.17) is 4.42 Å². The summed E-state index contributed by atoms with van der Waals surface area (Å²) in [5.74, 6) is -0.486. The maximum absolute atomic E-state index is 12.5. The van der Waals surface area contributed by atoms with Gasteiger partial charge < -0.3 is 9.73 Å². The van der Waals surface area contributed by atoms with Crippen molar-refractivity contribution in [1.82, 2.24) is 4.98 Å². The number of benzene rings is 3. The Kier molecular flexibility index (Phi) is 4.60. The number of nitrogens with zero attached hydrogens (tertiary/aromatic N) is 1. The second-order valence-electron chi connectivity index (χ2n) is 6.28. The molecule has 1 heterocycles. The van der Waals surface area contributed by atoms with Crippen molar-refractivity contribution in [3.8, 4) is 11.1 Å². The molecule has 3 aromatic carbocycles. The van der Waals surface area contributed by atoms with E-state index in [0.717, 1.165) is 11.1 Å². The molecule has 4 aromatic rings. The fourth-order valence-electron chi connectivity index (χ4n) is 2.87. The van der Waals surface area contributed by atoms with Crippen LogP contribution in [-0.4, -0.2) is 16.8 Å². The summed E-state index contributed by atoms with van der Waals surface area (Å²) in [5.41, 5.74) is 4.28. The number of nitrogens with one attached hydrogen (secondary N) is 2. The third kappa shape index (κ3) is 3.76. The molecule has 0 saturated heterocycles. The average molecular weight is 371 g/mol. The molecule has 2 N–H and O–H groups in total. The number of amides is 2. The summed E-state index contributed by atoms with van der Waals surface area (Å²) < 4.78 is 5.58. The largest absolute Gasteiger partial charge is 0.423 e. The number of aromatic nitrogens is 1. The Balaban J connectivity index is 1.50. The van der Waals surface area contributed by atoms with Gasteiger partial charge in [-0.25, -0.2) is 0 Å². The number of carbonyl (C=O) groups excluding carboxylic acids is 2. The quantitative estimate of drug-likeness (QED) is 0.544. The van der Waals surface area contributed by atoms with Gasteiger partial charge in [-0.05, 0) is 35.4 Å². The second kappa shape index (κ2) is 7.36. The highest BCUT2D eigenvalue weighted by Gasteiger charge is 2.12. The molecule has 0 atom stereocenters. The van der Waals surface area contributed by atoms with Crippen molar-refractivity contribution in [3.63, 3.8) is 0 Å². The Labute approximate surface area is 161 Å². The molecule has 138 valence electrons. The minimum absolute atomic E-state index is 0.104. The van der Waals surface area contributed by atoms with Gasteiger partial charge in [0.1, 0.15) is 5.52 Å². The van der Waals surface area contributed by atoms with Crippen molar-refractivity contribution >= 4 is 34.6 Å². The first-order valence-electron chi connectivity index (χ1n) is 8.73. The maximum Gasteiger partial charge on any atom is 0.302 e. The summed E-state index contributed by atoms with van der Waals surface area (Å²) in [7, 11) is 0. The SMILES string of the molecule is CC(=O)Nc1ccc2nc(NC(=O)c3ccc(-c4ccccc4)cc3)oc2c1. The van der Waals surface area contributed by atoms with Gasteiger partial charge in [-0.1, -0.05) is 42.5 Å². The van der Waals surface area contributed by atoms with Crippen molar-refractivity contribution in [1.29, 1.82) is 0 Å². The van der Waals surface area contributed by atoms with Crippen LogP contribution in [0.25, 0.3) is 22.2 Å². The van der Waals surface area contributed by atoms with E-state index in [-0.39, 0.29) is 17.8 Å². The molecule has 0 unspecified atom stereocenters.